The molecule has 1 aromatic heterocycles. The first-order chi connectivity index (χ1) is 8.61. The number of hydrogen-bond donors (Lipinski definition) is 1. The molecule has 18 heavy (non-hydrogen) atoms. The van der Waals surface area contributed by atoms with Crippen molar-refractivity contribution in [2.75, 3.05) is 7.11 Å². The molecule has 0 radical (unpaired) electrons. The molecule has 0 bridgehead atoms. The molecule has 0 atom stereocenters. The Bertz CT molecular complexity index is 612. The van der Waals surface area contributed by atoms with Crippen LogP contribution in [0.25, 0.3) is 5.69 Å². The van der Waals surface area contributed by atoms with Gasteiger partial charge in [-0.2, -0.15) is 0 Å². The van der Waals surface area contributed by atoms with Crippen LogP contribution in [-0.2, 0) is 11.3 Å². The fraction of sp³-hybridized carbons (Fsp3) is 0.182. The van der Waals surface area contributed by atoms with Crippen molar-refractivity contribution in [1.29, 1.82) is 0 Å². The van der Waals surface area contributed by atoms with E-state index >= 15 is 0 Å². The number of nitro groups is 1. The maximum atomic E-state index is 11.7. The first-order valence-electron chi connectivity index (χ1n) is 5.16. The molecule has 0 unspecified atom stereocenters. The summed E-state index contributed by atoms with van der Waals surface area (Å²) < 4.78 is 6.21. The molecule has 7 nitrogen and oxygen atoms in total. The summed E-state index contributed by atoms with van der Waals surface area (Å²) in [5, 5.41) is 13.4. The van der Waals surface area contributed by atoms with Crippen LogP contribution in [0.4, 0.5) is 5.69 Å². The van der Waals surface area contributed by atoms with E-state index in [4.69, 9.17) is 4.74 Å². The van der Waals surface area contributed by atoms with Gasteiger partial charge in [0.1, 0.15) is 0 Å². The zero-order valence-electron chi connectivity index (χ0n) is 9.62. The highest BCUT2D eigenvalue weighted by atomic mass is 16.6. The lowest BCUT2D eigenvalue weighted by Gasteiger charge is -2.01. The predicted octanol–water partition coefficient (Wildman–Crippen LogP) is 1.22. The normalized spacial score (nSPS) is 10.5. The molecule has 0 fully saturated rings. The highest BCUT2D eigenvalue weighted by Gasteiger charge is 2.08. The Hall–Kier alpha value is -2.41. The average molecular weight is 249 g/mol. The Labute approximate surface area is 102 Å². The number of hydrogen-bond acceptors (Lipinski definition) is 4. The highest BCUT2D eigenvalue weighted by Crippen LogP contribution is 2.13. The number of ether oxygens (including phenoxy) is 1. The number of aromatic amines is 1. The number of benzene rings is 1. The molecule has 1 aromatic carbocycles. The van der Waals surface area contributed by atoms with Gasteiger partial charge in [-0.05, 0) is 12.1 Å². The SMILES string of the molecule is COCc1cc(=O)n(-c2ccc([N+](=O)[O-])cc2)[nH]1. The van der Waals surface area contributed by atoms with Crippen molar-refractivity contribution in [3.05, 3.63) is 56.5 Å². The predicted molar refractivity (Wildman–Crippen MR) is 63.8 cm³/mol. The Balaban J connectivity index is 2.36. The molecule has 94 valence electrons. The lowest BCUT2D eigenvalue weighted by atomic mass is 10.3. The van der Waals surface area contributed by atoms with Crippen LogP contribution in [0.5, 0.6) is 0 Å². The molecule has 0 aliphatic heterocycles. The first-order valence-corrected chi connectivity index (χ1v) is 5.16. The summed E-state index contributed by atoms with van der Waals surface area (Å²) in [5.41, 5.74) is 0.917. The quantitative estimate of drug-likeness (QED) is 0.651. The molecule has 2 aromatic rings. The third-order valence-electron chi connectivity index (χ3n) is 2.39. The smallest absolute Gasteiger partial charge is 0.271 e. The van der Waals surface area contributed by atoms with E-state index in [9.17, 15) is 14.9 Å². The zero-order valence-corrected chi connectivity index (χ0v) is 9.62. The summed E-state index contributed by atoms with van der Waals surface area (Å²) >= 11 is 0. The van der Waals surface area contributed by atoms with Crippen molar-refractivity contribution in [3.8, 4) is 5.69 Å². The van der Waals surface area contributed by atoms with Crippen LogP contribution in [0.3, 0.4) is 0 Å². The molecule has 0 aliphatic carbocycles. The minimum Gasteiger partial charge on any atom is -0.378 e. The van der Waals surface area contributed by atoms with E-state index in [1.807, 2.05) is 0 Å². The van der Waals surface area contributed by atoms with Crippen LogP contribution in [0.2, 0.25) is 0 Å². The third kappa shape index (κ3) is 2.30. The van der Waals surface area contributed by atoms with E-state index < -0.39 is 4.92 Å². The second-order valence-corrected chi connectivity index (χ2v) is 3.66. The second-order valence-electron chi connectivity index (χ2n) is 3.66. The molecule has 0 saturated heterocycles. The summed E-state index contributed by atoms with van der Waals surface area (Å²) in [6.07, 6.45) is 0. The summed E-state index contributed by atoms with van der Waals surface area (Å²) in [6.45, 7) is 0.301. The van der Waals surface area contributed by atoms with Gasteiger partial charge in [0.25, 0.3) is 11.2 Å². The van der Waals surface area contributed by atoms with Crippen molar-refractivity contribution < 1.29 is 9.66 Å². The van der Waals surface area contributed by atoms with Gasteiger partial charge in [-0.25, -0.2) is 4.68 Å². The molecule has 0 amide bonds. The largest absolute Gasteiger partial charge is 0.378 e. The van der Waals surface area contributed by atoms with Crippen LogP contribution in [0.1, 0.15) is 5.69 Å². The fourth-order valence-corrected chi connectivity index (χ4v) is 1.59. The third-order valence-corrected chi connectivity index (χ3v) is 2.39. The van der Waals surface area contributed by atoms with Crippen molar-refractivity contribution in [3.63, 3.8) is 0 Å². The number of H-pyrrole nitrogens is 1. The topological polar surface area (TPSA) is 90.2 Å². The van der Waals surface area contributed by atoms with E-state index in [1.165, 1.54) is 42.1 Å². The summed E-state index contributed by atoms with van der Waals surface area (Å²) in [5.74, 6) is 0. The second kappa shape index (κ2) is 4.84. The van der Waals surface area contributed by atoms with Gasteiger partial charge in [0.2, 0.25) is 0 Å². The number of methoxy groups -OCH3 is 1. The van der Waals surface area contributed by atoms with Gasteiger partial charge >= 0.3 is 0 Å². The molecule has 7 heteroatoms. The van der Waals surface area contributed by atoms with Crippen LogP contribution >= 0.6 is 0 Å². The van der Waals surface area contributed by atoms with Crippen LogP contribution < -0.4 is 5.56 Å². The fourth-order valence-electron chi connectivity index (χ4n) is 1.59. The number of rotatable bonds is 4. The number of aromatic nitrogens is 2. The van der Waals surface area contributed by atoms with E-state index in [0.717, 1.165) is 0 Å². The van der Waals surface area contributed by atoms with E-state index in [-0.39, 0.29) is 11.2 Å². The Morgan fingerprint density at radius 1 is 1.39 bits per heavy atom. The van der Waals surface area contributed by atoms with Crippen molar-refractivity contribution in [2.24, 2.45) is 0 Å². The van der Waals surface area contributed by atoms with Crippen molar-refractivity contribution in [2.45, 2.75) is 6.61 Å². The van der Waals surface area contributed by atoms with E-state index in [2.05, 4.69) is 5.10 Å². The Morgan fingerprint density at radius 2 is 2.06 bits per heavy atom. The number of nitrogens with zero attached hydrogens (tertiary/aromatic N) is 2. The van der Waals surface area contributed by atoms with Gasteiger partial charge in [-0.3, -0.25) is 20.0 Å². The molecule has 2 rings (SSSR count). The highest BCUT2D eigenvalue weighted by molar-refractivity contribution is 5.40. The van der Waals surface area contributed by atoms with Gasteiger partial charge in [-0.15, -0.1) is 0 Å². The average Bonchev–Trinajstić information content (AvgIpc) is 2.71. The van der Waals surface area contributed by atoms with Gasteiger partial charge in [0.05, 0.1) is 22.9 Å². The molecule has 1 N–H and O–H groups in total. The van der Waals surface area contributed by atoms with Crippen molar-refractivity contribution in [1.82, 2.24) is 9.78 Å². The standard InChI is InChI=1S/C11H11N3O4/c1-18-7-8-6-11(15)13(12-8)9-2-4-10(5-3-9)14(16)17/h2-6,12H,7H2,1H3. The lowest BCUT2D eigenvalue weighted by molar-refractivity contribution is -0.384. The van der Waals surface area contributed by atoms with Gasteiger partial charge in [0, 0.05) is 25.3 Å². The zero-order chi connectivity index (χ0) is 13.1. The van der Waals surface area contributed by atoms with Crippen LogP contribution in [0.15, 0.2) is 35.1 Å². The minimum absolute atomic E-state index is 0.0181. The minimum atomic E-state index is -0.488. The molecular formula is C11H11N3O4. The molecule has 0 spiro atoms. The van der Waals surface area contributed by atoms with Crippen LogP contribution in [-0.4, -0.2) is 21.8 Å². The number of nitrogens with one attached hydrogen (secondary N) is 1. The molecule has 0 aliphatic rings. The maximum absolute atomic E-state index is 11.7. The summed E-state index contributed by atoms with van der Waals surface area (Å²) in [4.78, 5) is 21.7. The van der Waals surface area contributed by atoms with E-state index in [0.29, 0.717) is 18.0 Å². The van der Waals surface area contributed by atoms with E-state index in [1.54, 1.807) is 0 Å². The van der Waals surface area contributed by atoms with Gasteiger partial charge in [0.15, 0.2) is 0 Å². The molecular weight excluding hydrogens is 238 g/mol. The molecule has 0 saturated carbocycles. The van der Waals surface area contributed by atoms with Crippen LogP contribution in [0, 0.1) is 10.1 Å². The number of non-ortho nitro benzene ring substituents is 1. The maximum Gasteiger partial charge on any atom is 0.271 e. The van der Waals surface area contributed by atoms with Crippen molar-refractivity contribution >= 4 is 5.69 Å². The number of nitro benzene ring substituents is 1. The summed E-state index contributed by atoms with van der Waals surface area (Å²) in [6, 6.07) is 7.13. The molecule has 1 heterocycles. The Morgan fingerprint density at radius 3 is 2.61 bits per heavy atom. The Kier molecular flexibility index (Phi) is 3.24. The van der Waals surface area contributed by atoms with Gasteiger partial charge < -0.3 is 4.74 Å². The first kappa shape index (κ1) is 12.1. The monoisotopic (exact) mass is 249 g/mol. The lowest BCUT2D eigenvalue weighted by Crippen LogP contribution is -2.13. The summed E-state index contributed by atoms with van der Waals surface area (Å²) in [7, 11) is 1.53. The van der Waals surface area contributed by atoms with Gasteiger partial charge in [-0.1, -0.05) is 0 Å².